The molecule has 1 aliphatic heterocycles. The van der Waals surface area contributed by atoms with Crippen molar-refractivity contribution in [1.82, 2.24) is 15.3 Å². The lowest BCUT2D eigenvalue weighted by atomic mass is 10.2. The minimum absolute atomic E-state index is 0.105. The molecular weight excluding hydrogens is 354 g/mol. The monoisotopic (exact) mass is 383 g/mol. The minimum Gasteiger partial charge on any atom is -0.497 e. The third kappa shape index (κ3) is 5.12. The predicted octanol–water partition coefficient (Wildman–Crippen LogP) is 2.73. The first-order valence-electron chi connectivity index (χ1n) is 9.95. The van der Waals surface area contributed by atoms with Gasteiger partial charge >= 0.3 is 0 Å². The van der Waals surface area contributed by atoms with Crippen LogP contribution in [0.3, 0.4) is 0 Å². The van der Waals surface area contributed by atoms with Crippen LogP contribution in [0.4, 0.5) is 11.6 Å². The summed E-state index contributed by atoms with van der Waals surface area (Å²) in [6.45, 7) is 6.32. The van der Waals surface area contributed by atoms with Gasteiger partial charge in [0.05, 0.1) is 12.7 Å². The molecule has 0 unspecified atom stereocenters. The molecule has 1 aromatic carbocycles. The van der Waals surface area contributed by atoms with Crippen LogP contribution in [-0.2, 0) is 0 Å². The lowest BCUT2D eigenvalue weighted by Gasteiger charge is -2.36. The summed E-state index contributed by atoms with van der Waals surface area (Å²) in [6, 6.07) is 8.13. The van der Waals surface area contributed by atoms with E-state index < -0.39 is 0 Å². The van der Waals surface area contributed by atoms with E-state index in [2.05, 4.69) is 44.1 Å². The minimum atomic E-state index is -0.105. The Labute approximate surface area is 166 Å². The maximum Gasteiger partial charge on any atom is 0.254 e. The molecule has 0 spiro atoms. The third-order valence-electron chi connectivity index (χ3n) is 4.97. The highest BCUT2D eigenvalue weighted by molar-refractivity contribution is 5.93. The Kier molecular flexibility index (Phi) is 7.06. The van der Waals surface area contributed by atoms with Crippen molar-refractivity contribution in [1.29, 1.82) is 0 Å². The maximum atomic E-state index is 12.1. The van der Waals surface area contributed by atoms with Crippen molar-refractivity contribution in [3.05, 3.63) is 42.2 Å². The van der Waals surface area contributed by atoms with E-state index in [4.69, 9.17) is 4.74 Å². The number of hydrogen-bond acceptors (Lipinski definition) is 6. The van der Waals surface area contributed by atoms with Crippen molar-refractivity contribution >= 4 is 17.5 Å². The average Bonchev–Trinajstić information content (AvgIpc) is 2.77. The first kappa shape index (κ1) is 19.9. The zero-order valence-corrected chi connectivity index (χ0v) is 16.7. The first-order chi connectivity index (χ1) is 13.7. The van der Waals surface area contributed by atoms with Crippen LogP contribution in [0.5, 0.6) is 5.75 Å². The van der Waals surface area contributed by atoms with Crippen molar-refractivity contribution in [3.8, 4) is 5.75 Å². The Bertz CT molecular complexity index is 740. The zero-order chi connectivity index (χ0) is 19.8. The topological polar surface area (TPSA) is 70.6 Å². The largest absolute Gasteiger partial charge is 0.497 e. The summed E-state index contributed by atoms with van der Waals surface area (Å²) in [5.41, 5.74) is 1.70. The average molecular weight is 383 g/mol. The number of benzene rings is 1. The molecule has 0 bridgehead atoms. The van der Waals surface area contributed by atoms with Crippen LogP contribution in [0.25, 0.3) is 0 Å². The summed E-state index contributed by atoms with van der Waals surface area (Å²) in [7, 11) is 1.68. The number of ether oxygens (including phenoxy) is 1. The Morgan fingerprint density at radius 3 is 2.29 bits per heavy atom. The van der Waals surface area contributed by atoms with Gasteiger partial charge in [0.15, 0.2) is 0 Å². The Morgan fingerprint density at radius 2 is 1.68 bits per heavy atom. The van der Waals surface area contributed by atoms with Gasteiger partial charge < -0.3 is 19.9 Å². The van der Waals surface area contributed by atoms with E-state index in [1.165, 1.54) is 5.69 Å². The van der Waals surface area contributed by atoms with E-state index in [9.17, 15) is 4.79 Å². The third-order valence-corrected chi connectivity index (χ3v) is 4.97. The smallest absolute Gasteiger partial charge is 0.254 e. The van der Waals surface area contributed by atoms with E-state index in [1.54, 1.807) is 19.5 Å². The van der Waals surface area contributed by atoms with Crippen LogP contribution in [0.15, 0.2) is 36.7 Å². The van der Waals surface area contributed by atoms with Crippen molar-refractivity contribution < 1.29 is 9.53 Å². The van der Waals surface area contributed by atoms with Crippen molar-refractivity contribution in [2.45, 2.75) is 26.2 Å². The van der Waals surface area contributed by atoms with Gasteiger partial charge in [0.2, 0.25) is 5.95 Å². The highest BCUT2D eigenvalue weighted by atomic mass is 16.5. The molecule has 1 amide bonds. The molecule has 1 saturated heterocycles. The number of nitrogens with zero attached hydrogens (tertiary/aromatic N) is 4. The lowest BCUT2D eigenvalue weighted by molar-refractivity contribution is 0.0952. The predicted molar refractivity (Wildman–Crippen MR) is 111 cm³/mol. The Balaban J connectivity index is 1.50. The van der Waals surface area contributed by atoms with Crippen molar-refractivity contribution in [3.63, 3.8) is 0 Å². The summed E-state index contributed by atoms with van der Waals surface area (Å²) in [5.74, 6) is 1.44. The molecule has 150 valence electrons. The van der Waals surface area contributed by atoms with Gasteiger partial charge in [-0.25, -0.2) is 9.97 Å². The molecule has 7 heteroatoms. The van der Waals surface area contributed by atoms with Gasteiger partial charge in [-0.05, 0) is 30.7 Å². The van der Waals surface area contributed by atoms with Crippen LogP contribution in [0.2, 0.25) is 0 Å². The number of anilines is 2. The number of carbonyl (C=O) groups excluding carboxylic acids is 1. The van der Waals surface area contributed by atoms with Crippen LogP contribution in [0.1, 0.15) is 36.5 Å². The van der Waals surface area contributed by atoms with Crippen molar-refractivity contribution in [2.75, 3.05) is 49.6 Å². The number of amides is 1. The fraction of sp³-hybridized carbons (Fsp3) is 0.476. The van der Waals surface area contributed by atoms with Gasteiger partial charge in [-0.3, -0.25) is 4.79 Å². The van der Waals surface area contributed by atoms with Gasteiger partial charge in [-0.15, -0.1) is 0 Å². The van der Waals surface area contributed by atoms with Crippen molar-refractivity contribution in [2.24, 2.45) is 0 Å². The summed E-state index contributed by atoms with van der Waals surface area (Å²) < 4.78 is 5.22. The number of rotatable bonds is 8. The zero-order valence-electron chi connectivity index (χ0n) is 16.7. The second-order valence-electron chi connectivity index (χ2n) is 6.91. The fourth-order valence-electron chi connectivity index (χ4n) is 3.24. The maximum absolute atomic E-state index is 12.1. The van der Waals surface area contributed by atoms with E-state index >= 15 is 0 Å². The number of nitrogens with one attached hydrogen (secondary N) is 1. The lowest BCUT2D eigenvalue weighted by Crippen LogP contribution is -2.47. The molecule has 3 rings (SSSR count). The standard InChI is InChI=1S/C21H29N5O2/c1-3-4-5-10-22-20(27)17-15-23-21(24-16-17)26-13-11-25(12-14-26)18-6-8-19(28-2)9-7-18/h6-9,15-16H,3-5,10-14H2,1-2H3,(H,22,27). The van der Waals surface area contributed by atoms with Crippen LogP contribution >= 0.6 is 0 Å². The van der Waals surface area contributed by atoms with Gasteiger partial charge in [0.1, 0.15) is 5.75 Å². The quantitative estimate of drug-likeness (QED) is 0.707. The summed E-state index contributed by atoms with van der Waals surface area (Å²) >= 11 is 0. The normalized spacial score (nSPS) is 14.1. The van der Waals surface area contributed by atoms with Crippen LogP contribution < -0.4 is 19.9 Å². The molecule has 2 heterocycles. The van der Waals surface area contributed by atoms with Gasteiger partial charge in [-0.1, -0.05) is 19.8 Å². The second-order valence-corrected chi connectivity index (χ2v) is 6.91. The molecule has 7 nitrogen and oxygen atoms in total. The number of methoxy groups -OCH3 is 1. The number of carbonyl (C=O) groups is 1. The Morgan fingerprint density at radius 1 is 1.04 bits per heavy atom. The van der Waals surface area contributed by atoms with Gasteiger partial charge in [0.25, 0.3) is 5.91 Å². The number of hydrogen-bond donors (Lipinski definition) is 1. The SMILES string of the molecule is CCCCCNC(=O)c1cnc(N2CCN(c3ccc(OC)cc3)CC2)nc1. The van der Waals surface area contributed by atoms with Crippen LogP contribution in [0, 0.1) is 0 Å². The first-order valence-corrected chi connectivity index (χ1v) is 9.95. The molecule has 1 fully saturated rings. The summed E-state index contributed by atoms with van der Waals surface area (Å²) in [6.07, 6.45) is 6.50. The highest BCUT2D eigenvalue weighted by Gasteiger charge is 2.19. The Hall–Kier alpha value is -2.83. The number of aromatic nitrogens is 2. The summed E-state index contributed by atoms with van der Waals surface area (Å²) in [5, 5.41) is 2.92. The highest BCUT2D eigenvalue weighted by Crippen LogP contribution is 2.21. The van der Waals surface area contributed by atoms with E-state index in [1.807, 2.05) is 12.1 Å². The molecule has 1 aliphatic rings. The number of piperazine rings is 1. The molecule has 28 heavy (non-hydrogen) atoms. The molecule has 0 atom stereocenters. The second kappa shape index (κ2) is 9.92. The van der Waals surface area contributed by atoms with Gasteiger partial charge in [0, 0.05) is 50.8 Å². The van der Waals surface area contributed by atoms with E-state index in [-0.39, 0.29) is 5.91 Å². The van der Waals surface area contributed by atoms with Gasteiger partial charge in [-0.2, -0.15) is 0 Å². The molecule has 2 aromatic rings. The van der Waals surface area contributed by atoms with Crippen LogP contribution in [-0.4, -0.2) is 55.7 Å². The molecule has 1 aromatic heterocycles. The molecule has 0 radical (unpaired) electrons. The number of unbranched alkanes of at least 4 members (excludes halogenated alkanes) is 2. The van der Waals surface area contributed by atoms with E-state index in [0.717, 1.165) is 51.2 Å². The molecular formula is C21H29N5O2. The summed E-state index contributed by atoms with van der Waals surface area (Å²) in [4.78, 5) is 25.4. The fourth-order valence-corrected chi connectivity index (χ4v) is 3.24. The molecule has 0 saturated carbocycles. The molecule has 1 N–H and O–H groups in total. The molecule has 0 aliphatic carbocycles. The van der Waals surface area contributed by atoms with E-state index in [0.29, 0.717) is 18.1 Å².